The summed E-state index contributed by atoms with van der Waals surface area (Å²) in [5, 5.41) is 0. The van der Waals surface area contributed by atoms with E-state index in [1.807, 2.05) is 12.1 Å². The minimum Gasteiger partial charge on any atom is -0.497 e. The van der Waals surface area contributed by atoms with Crippen LogP contribution in [0, 0.1) is 5.92 Å². The molecule has 20 heavy (non-hydrogen) atoms. The zero-order valence-electron chi connectivity index (χ0n) is 11.9. The van der Waals surface area contributed by atoms with Crippen molar-refractivity contribution in [1.82, 2.24) is 0 Å². The van der Waals surface area contributed by atoms with Gasteiger partial charge in [0.25, 0.3) is 0 Å². The number of hydrogen-bond donors (Lipinski definition) is 0. The molecule has 0 saturated carbocycles. The first kappa shape index (κ1) is 13.0. The van der Waals surface area contributed by atoms with Gasteiger partial charge in [-0.05, 0) is 54.0 Å². The fourth-order valence-corrected chi connectivity index (χ4v) is 3.01. The molecule has 1 aliphatic carbocycles. The van der Waals surface area contributed by atoms with Crippen LogP contribution in [-0.4, -0.2) is 7.11 Å². The lowest BCUT2D eigenvalue weighted by Crippen LogP contribution is -2.03. The molecule has 2 aromatic rings. The molecule has 0 aromatic heterocycles. The molecular weight excluding hydrogens is 244 g/mol. The van der Waals surface area contributed by atoms with Gasteiger partial charge in [0, 0.05) is 0 Å². The van der Waals surface area contributed by atoms with Crippen molar-refractivity contribution in [1.29, 1.82) is 0 Å². The van der Waals surface area contributed by atoms with Crippen molar-refractivity contribution in [3.63, 3.8) is 0 Å². The second-order valence-corrected chi connectivity index (χ2v) is 5.35. The molecule has 0 spiro atoms. The molecule has 0 saturated heterocycles. The summed E-state index contributed by atoms with van der Waals surface area (Å²) in [7, 11) is 1.71. The molecule has 1 heteroatoms. The number of allylic oxidation sites excluding steroid dienone is 2. The Hall–Kier alpha value is -2.02. The molecule has 0 heterocycles. The van der Waals surface area contributed by atoms with E-state index in [2.05, 4.69) is 48.5 Å². The Morgan fingerprint density at radius 3 is 2.45 bits per heavy atom. The zero-order chi connectivity index (χ0) is 13.8. The predicted molar refractivity (Wildman–Crippen MR) is 83.8 cm³/mol. The summed E-state index contributed by atoms with van der Waals surface area (Å²) in [6.45, 7) is 0. The van der Waals surface area contributed by atoms with Crippen molar-refractivity contribution >= 4 is 5.57 Å². The van der Waals surface area contributed by atoms with Gasteiger partial charge in [-0.2, -0.15) is 0 Å². The van der Waals surface area contributed by atoms with E-state index < -0.39 is 0 Å². The van der Waals surface area contributed by atoms with Crippen LogP contribution in [0.15, 0.2) is 60.7 Å². The van der Waals surface area contributed by atoms with Crippen molar-refractivity contribution in [3.8, 4) is 5.75 Å². The van der Waals surface area contributed by atoms with E-state index in [0.717, 1.165) is 12.2 Å². The standard InChI is InChI=1S/C19H20O/c1-20-18-12-10-16(11-13-18)19-9-5-8-17(19)14-15-6-3-2-4-7-15/h2-4,6-7,9-13,17H,5,8,14H2,1H3. The van der Waals surface area contributed by atoms with Crippen molar-refractivity contribution in [2.24, 2.45) is 5.92 Å². The van der Waals surface area contributed by atoms with Crippen LogP contribution in [0.2, 0.25) is 0 Å². The Balaban J connectivity index is 1.78. The van der Waals surface area contributed by atoms with Crippen LogP contribution < -0.4 is 4.74 Å². The second-order valence-electron chi connectivity index (χ2n) is 5.35. The SMILES string of the molecule is COc1ccc(C2=CCCC2Cc2ccccc2)cc1. The summed E-state index contributed by atoms with van der Waals surface area (Å²) in [5.74, 6) is 1.57. The fourth-order valence-electron chi connectivity index (χ4n) is 3.01. The van der Waals surface area contributed by atoms with Crippen molar-refractivity contribution in [3.05, 3.63) is 71.8 Å². The number of rotatable bonds is 4. The number of benzene rings is 2. The van der Waals surface area contributed by atoms with Gasteiger partial charge in [0.05, 0.1) is 7.11 Å². The van der Waals surface area contributed by atoms with E-state index in [9.17, 15) is 0 Å². The predicted octanol–water partition coefficient (Wildman–Crippen LogP) is 4.73. The lowest BCUT2D eigenvalue weighted by molar-refractivity contribution is 0.415. The van der Waals surface area contributed by atoms with Crippen LogP contribution in [0.5, 0.6) is 5.75 Å². The Morgan fingerprint density at radius 1 is 1.00 bits per heavy atom. The first-order chi connectivity index (χ1) is 9.86. The lowest BCUT2D eigenvalue weighted by Gasteiger charge is -2.16. The minimum atomic E-state index is 0.644. The van der Waals surface area contributed by atoms with Gasteiger partial charge in [-0.25, -0.2) is 0 Å². The van der Waals surface area contributed by atoms with Crippen LogP contribution in [0.25, 0.3) is 5.57 Å². The Bertz CT molecular complexity index is 581. The van der Waals surface area contributed by atoms with Crippen molar-refractivity contribution in [2.75, 3.05) is 7.11 Å². The molecule has 102 valence electrons. The second kappa shape index (κ2) is 5.96. The molecule has 0 amide bonds. The normalized spacial score (nSPS) is 17.9. The largest absolute Gasteiger partial charge is 0.497 e. The summed E-state index contributed by atoms with van der Waals surface area (Å²) in [6, 6.07) is 19.2. The first-order valence-electron chi connectivity index (χ1n) is 7.25. The third-order valence-corrected chi connectivity index (χ3v) is 4.07. The van der Waals surface area contributed by atoms with E-state index in [0.29, 0.717) is 5.92 Å². The maximum atomic E-state index is 5.23. The summed E-state index contributed by atoms with van der Waals surface area (Å²) < 4.78 is 5.23. The highest BCUT2D eigenvalue weighted by Crippen LogP contribution is 2.36. The molecule has 0 fully saturated rings. The van der Waals surface area contributed by atoms with Gasteiger partial charge in [-0.15, -0.1) is 0 Å². The van der Waals surface area contributed by atoms with E-state index >= 15 is 0 Å². The van der Waals surface area contributed by atoms with Crippen LogP contribution >= 0.6 is 0 Å². The highest BCUT2D eigenvalue weighted by Gasteiger charge is 2.20. The van der Waals surface area contributed by atoms with Crippen LogP contribution in [0.1, 0.15) is 24.0 Å². The van der Waals surface area contributed by atoms with Crippen LogP contribution in [0.4, 0.5) is 0 Å². The van der Waals surface area contributed by atoms with E-state index in [1.165, 1.54) is 29.5 Å². The minimum absolute atomic E-state index is 0.644. The average Bonchev–Trinajstić information content (AvgIpc) is 2.96. The van der Waals surface area contributed by atoms with E-state index in [-0.39, 0.29) is 0 Å². The average molecular weight is 264 g/mol. The van der Waals surface area contributed by atoms with E-state index in [4.69, 9.17) is 4.74 Å². The smallest absolute Gasteiger partial charge is 0.118 e. The molecule has 0 radical (unpaired) electrons. The molecule has 1 nitrogen and oxygen atoms in total. The Kier molecular flexibility index (Phi) is 3.87. The molecule has 3 rings (SSSR count). The molecule has 0 aliphatic heterocycles. The van der Waals surface area contributed by atoms with Crippen LogP contribution in [0.3, 0.4) is 0 Å². The van der Waals surface area contributed by atoms with Crippen molar-refractivity contribution in [2.45, 2.75) is 19.3 Å². The van der Waals surface area contributed by atoms with Gasteiger partial charge in [0.2, 0.25) is 0 Å². The number of hydrogen-bond acceptors (Lipinski definition) is 1. The van der Waals surface area contributed by atoms with Crippen molar-refractivity contribution < 1.29 is 4.74 Å². The van der Waals surface area contributed by atoms with Gasteiger partial charge in [-0.1, -0.05) is 48.5 Å². The van der Waals surface area contributed by atoms with E-state index in [1.54, 1.807) is 7.11 Å². The first-order valence-corrected chi connectivity index (χ1v) is 7.25. The fraction of sp³-hybridized carbons (Fsp3) is 0.263. The molecular formula is C19H20O. The molecule has 1 aliphatic rings. The topological polar surface area (TPSA) is 9.23 Å². The van der Waals surface area contributed by atoms with Gasteiger partial charge in [0.1, 0.15) is 5.75 Å². The van der Waals surface area contributed by atoms with Gasteiger partial charge in [-0.3, -0.25) is 0 Å². The molecule has 1 unspecified atom stereocenters. The highest BCUT2D eigenvalue weighted by atomic mass is 16.5. The monoisotopic (exact) mass is 264 g/mol. The molecule has 0 bridgehead atoms. The van der Waals surface area contributed by atoms with Gasteiger partial charge < -0.3 is 4.74 Å². The number of ether oxygens (including phenoxy) is 1. The Labute approximate surface area is 120 Å². The van der Waals surface area contributed by atoms with Crippen LogP contribution in [-0.2, 0) is 6.42 Å². The summed E-state index contributed by atoms with van der Waals surface area (Å²) >= 11 is 0. The maximum absolute atomic E-state index is 5.23. The lowest BCUT2D eigenvalue weighted by atomic mass is 9.89. The quantitative estimate of drug-likeness (QED) is 0.775. The van der Waals surface area contributed by atoms with Gasteiger partial charge in [0.15, 0.2) is 0 Å². The zero-order valence-corrected chi connectivity index (χ0v) is 11.9. The summed E-state index contributed by atoms with van der Waals surface area (Å²) in [5.41, 5.74) is 4.26. The third-order valence-electron chi connectivity index (χ3n) is 4.07. The third kappa shape index (κ3) is 2.77. The highest BCUT2D eigenvalue weighted by molar-refractivity contribution is 5.70. The number of methoxy groups -OCH3 is 1. The summed E-state index contributed by atoms with van der Waals surface area (Å²) in [6.07, 6.45) is 5.99. The van der Waals surface area contributed by atoms with Gasteiger partial charge >= 0.3 is 0 Å². The Morgan fingerprint density at radius 2 is 1.75 bits per heavy atom. The summed E-state index contributed by atoms with van der Waals surface area (Å²) in [4.78, 5) is 0. The molecule has 2 aromatic carbocycles. The molecule has 0 N–H and O–H groups in total. The maximum Gasteiger partial charge on any atom is 0.118 e. The molecule has 1 atom stereocenters.